The van der Waals surface area contributed by atoms with Crippen molar-refractivity contribution < 1.29 is 9.59 Å². The van der Waals surface area contributed by atoms with Crippen molar-refractivity contribution in [1.82, 2.24) is 10.2 Å². The maximum Gasteiger partial charge on any atom is 0.242 e. The summed E-state index contributed by atoms with van der Waals surface area (Å²) in [4.78, 5) is 26.9. The smallest absolute Gasteiger partial charge is 0.242 e. The van der Waals surface area contributed by atoms with Gasteiger partial charge in [-0.15, -0.1) is 11.8 Å². The Hall–Kier alpha value is -1.98. The van der Waals surface area contributed by atoms with Crippen LogP contribution >= 0.6 is 23.4 Å². The van der Waals surface area contributed by atoms with Gasteiger partial charge in [0.1, 0.15) is 6.04 Å². The minimum atomic E-state index is -0.533. The summed E-state index contributed by atoms with van der Waals surface area (Å²) in [5, 5.41) is 3.51. The first-order valence-electron chi connectivity index (χ1n) is 9.36. The maximum atomic E-state index is 12.9. The van der Waals surface area contributed by atoms with E-state index in [9.17, 15) is 9.59 Å². The van der Waals surface area contributed by atoms with Gasteiger partial charge in [-0.25, -0.2) is 0 Å². The topological polar surface area (TPSA) is 49.4 Å². The zero-order chi connectivity index (χ0) is 20.5. The summed E-state index contributed by atoms with van der Waals surface area (Å²) in [6.07, 6.45) is 0. The quantitative estimate of drug-likeness (QED) is 0.655. The van der Waals surface area contributed by atoms with Crippen molar-refractivity contribution in [3.63, 3.8) is 0 Å². The number of aryl methyl sites for hydroxylation is 1. The predicted molar refractivity (Wildman–Crippen MR) is 117 cm³/mol. The molecule has 0 spiro atoms. The minimum Gasteiger partial charge on any atom is -0.355 e. The number of halogens is 1. The van der Waals surface area contributed by atoms with Crippen molar-refractivity contribution in [2.75, 3.05) is 12.3 Å². The van der Waals surface area contributed by atoms with E-state index in [4.69, 9.17) is 11.6 Å². The lowest BCUT2D eigenvalue weighted by molar-refractivity contribution is -0.138. The van der Waals surface area contributed by atoms with Crippen LogP contribution < -0.4 is 5.32 Å². The first kappa shape index (κ1) is 22.3. The summed E-state index contributed by atoms with van der Waals surface area (Å²) < 4.78 is 0. The van der Waals surface area contributed by atoms with Crippen LogP contribution in [0.3, 0.4) is 0 Å². The van der Waals surface area contributed by atoms with Crippen molar-refractivity contribution in [1.29, 1.82) is 0 Å². The van der Waals surface area contributed by atoms with Crippen molar-refractivity contribution >= 4 is 35.2 Å². The van der Waals surface area contributed by atoms with Crippen molar-refractivity contribution in [3.05, 3.63) is 70.2 Å². The molecule has 2 aromatic rings. The van der Waals surface area contributed by atoms with Crippen LogP contribution in [-0.2, 0) is 21.9 Å². The standard InChI is InChI=1S/C22H27ClN2O2S/c1-4-24-22(27)17(3)25(13-18-11-9-16(2)10-12-18)21(26)15-28-14-19-7-5-6-8-20(19)23/h5-12,17H,4,13-15H2,1-3H3,(H,24,27)/t17-/m0/s1. The number of nitrogens with one attached hydrogen (secondary N) is 1. The second-order valence-electron chi connectivity index (χ2n) is 6.66. The fourth-order valence-corrected chi connectivity index (χ4v) is 3.94. The molecule has 0 aliphatic rings. The van der Waals surface area contributed by atoms with Crippen molar-refractivity contribution in [2.24, 2.45) is 0 Å². The van der Waals surface area contributed by atoms with E-state index in [2.05, 4.69) is 5.32 Å². The molecule has 2 rings (SSSR count). The molecule has 0 aromatic heterocycles. The fourth-order valence-electron chi connectivity index (χ4n) is 2.74. The summed E-state index contributed by atoms with van der Waals surface area (Å²) in [5.41, 5.74) is 3.17. The molecule has 2 aromatic carbocycles. The van der Waals surface area contributed by atoms with E-state index >= 15 is 0 Å². The average Bonchev–Trinajstić information content (AvgIpc) is 2.68. The Morgan fingerprint density at radius 3 is 2.46 bits per heavy atom. The van der Waals surface area contributed by atoms with Gasteiger partial charge < -0.3 is 10.2 Å². The molecule has 0 aliphatic carbocycles. The molecule has 4 nitrogen and oxygen atoms in total. The first-order chi connectivity index (χ1) is 13.4. The molecule has 1 N–H and O–H groups in total. The minimum absolute atomic E-state index is 0.0589. The lowest BCUT2D eigenvalue weighted by Gasteiger charge is -2.28. The van der Waals surface area contributed by atoms with E-state index in [1.54, 1.807) is 11.8 Å². The number of carbonyl (C=O) groups is 2. The fraction of sp³-hybridized carbons (Fsp3) is 0.364. The third kappa shape index (κ3) is 6.57. The van der Waals surface area contributed by atoms with Crippen LogP contribution in [0.15, 0.2) is 48.5 Å². The van der Waals surface area contributed by atoms with Gasteiger partial charge in [0.2, 0.25) is 11.8 Å². The first-order valence-corrected chi connectivity index (χ1v) is 10.9. The predicted octanol–water partition coefficient (Wildman–Crippen LogP) is 4.44. The molecule has 28 heavy (non-hydrogen) atoms. The highest BCUT2D eigenvalue weighted by atomic mass is 35.5. The lowest BCUT2D eigenvalue weighted by atomic mass is 10.1. The van der Waals surface area contributed by atoms with Crippen LogP contribution in [0.5, 0.6) is 0 Å². The Kier molecular flexibility index (Phi) is 8.87. The number of hydrogen-bond donors (Lipinski definition) is 1. The molecule has 0 heterocycles. The molecular formula is C22H27ClN2O2S. The van der Waals surface area contributed by atoms with Gasteiger partial charge in [0.15, 0.2) is 0 Å². The second kappa shape index (κ2) is 11.1. The van der Waals surface area contributed by atoms with Crippen molar-refractivity contribution in [3.8, 4) is 0 Å². The van der Waals surface area contributed by atoms with Crippen LogP contribution in [0.4, 0.5) is 0 Å². The normalized spacial score (nSPS) is 11.7. The third-order valence-electron chi connectivity index (χ3n) is 4.43. The molecule has 0 fully saturated rings. The number of carbonyl (C=O) groups excluding carboxylic acids is 2. The molecule has 0 unspecified atom stereocenters. The van der Waals surface area contributed by atoms with Crippen LogP contribution in [0.2, 0.25) is 5.02 Å². The lowest BCUT2D eigenvalue weighted by Crippen LogP contribution is -2.48. The maximum absolute atomic E-state index is 12.9. The molecule has 6 heteroatoms. The van der Waals surface area contributed by atoms with E-state index in [1.807, 2.05) is 62.4 Å². The summed E-state index contributed by atoms with van der Waals surface area (Å²) in [6, 6.07) is 15.1. The van der Waals surface area contributed by atoms with Gasteiger partial charge in [0.25, 0.3) is 0 Å². The molecule has 0 saturated carbocycles. The van der Waals surface area contributed by atoms with Gasteiger partial charge in [0, 0.05) is 23.9 Å². The second-order valence-corrected chi connectivity index (χ2v) is 8.05. The zero-order valence-corrected chi connectivity index (χ0v) is 18.1. The van der Waals surface area contributed by atoms with Crippen LogP contribution in [0.1, 0.15) is 30.5 Å². The highest BCUT2D eigenvalue weighted by Crippen LogP contribution is 2.21. The molecule has 0 radical (unpaired) electrons. The SMILES string of the molecule is CCNC(=O)[C@H](C)N(Cc1ccc(C)cc1)C(=O)CSCc1ccccc1Cl. The highest BCUT2D eigenvalue weighted by Gasteiger charge is 2.25. The van der Waals surface area contributed by atoms with Gasteiger partial charge in [0.05, 0.1) is 5.75 Å². The molecule has 1 atom stereocenters. The summed E-state index contributed by atoms with van der Waals surface area (Å²) in [6.45, 7) is 6.61. The number of likely N-dealkylation sites (N-methyl/N-ethyl adjacent to an activating group) is 1. The van der Waals surface area contributed by atoms with E-state index in [1.165, 1.54) is 11.8 Å². The Labute approximate surface area is 176 Å². The highest BCUT2D eigenvalue weighted by molar-refractivity contribution is 7.99. The molecule has 2 amide bonds. The number of benzene rings is 2. The Morgan fingerprint density at radius 2 is 1.82 bits per heavy atom. The van der Waals surface area contributed by atoms with Gasteiger partial charge in [-0.3, -0.25) is 9.59 Å². The summed E-state index contributed by atoms with van der Waals surface area (Å²) in [7, 11) is 0. The van der Waals surface area contributed by atoms with Gasteiger partial charge in [-0.05, 0) is 38.0 Å². The van der Waals surface area contributed by atoms with Gasteiger partial charge in [-0.2, -0.15) is 0 Å². The molecule has 0 aliphatic heterocycles. The summed E-state index contributed by atoms with van der Waals surface area (Å²) >= 11 is 7.69. The van der Waals surface area contributed by atoms with Crippen LogP contribution in [0.25, 0.3) is 0 Å². The Morgan fingerprint density at radius 1 is 1.14 bits per heavy atom. The van der Waals surface area contributed by atoms with Crippen molar-refractivity contribution in [2.45, 2.75) is 39.1 Å². The Balaban J connectivity index is 2.05. The molecule has 0 bridgehead atoms. The van der Waals surface area contributed by atoms with Crippen LogP contribution in [-0.4, -0.2) is 35.1 Å². The molecular weight excluding hydrogens is 392 g/mol. The average molecular weight is 419 g/mol. The number of amides is 2. The van der Waals surface area contributed by atoms with E-state index in [0.717, 1.165) is 16.7 Å². The van der Waals surface area contributed by atoms with E-state index in [0.29, 0.717) is 29.6 Å². The number of hydrogen-bond acceptors (Lipinski definition) is 3. The number of nitrogens with zero attached hydrogens (tertiary/aromatic N) is 1. The zero-order valence-electron chi connectivity index (χ0n) is 16.6. The van der Waals surface area contributed by atoms with E-state index in [-0.39, 0.29) is 11.8 Å². The van der Waals surface area contributed by atoms with E-state index < -0.39 is 6.04 Å². The van der Waals surface area contributed by atoms with Gasteiger partial charge in [-0.1, -0.05) is 59.6 Å². The molecule has 0 saturated heterocycles. The molecule has 150 valence electrons. The Bertz CT molecular complexity index is 795. The summed E-state index contributed by atoms with van der Waals surface area (Å²) in [5.74, 6) is 0.746. The monoisotopic (exact) mass is 418 g/mol. The van der Waals surface area contributed by atoms with Gasteiger partial charge >= 0.3 is 0 Å². The van der Waals surface area contributed by atoms with Crippen LogP contribution in [0, 0.1) is 6.92 Å². The largest absolute Gasteiger partial charge is 0.355 e. The number of thioether (sulfide) groups is 1. The third-order valence-corrected chi connectivity index (χ3v) is 5.77. The number of rotatable bonds is 9.